The summed E-state index contributed by atoms with van der Waals surface area (Å²) in [6.07, 6.45) is 4.62. The summed E-state index contributed by atoms with van der Waals surface area (Å²) >= 11 is 0. The van der Waals surface area contributed by atoms with Crippen LogP contribution in [0, 0.1) is 0 Å². The molecule has 0 spiro atoms. The molecule has 0 radical (unpaired) electrons. The average Bonchev–Trinajstić information content (AvgIpc) is 3.24. The van der Waals surface area contributed by atoms with Gasteiger partial charge in [-0.15, -0.1) is 0 Å². The molecule has 5 heteroatoms. The summed E-state index contributed by atoms with van der Waals surface area (Å²) in [5.41, 5.74) is 2.00. The number of amides is 1. The highest BCUT2D eigenvalue weighted by Gasteiger charge is 2.53. The number of aliphatic hydroxyl groups excluding tert-OH is 1. The molecule has 0 aromatic heterocycles. The maximum absolute atomic E-state index is 12.9. The lowest BCUT2D eigenvalue weighted by Gasteiger charge is -2.48. The molecule has 1 aliphatic heterocycles. The fourth-order valence-corrected chi connectivity index (χ4v) is 3.98. The van der Waals surface area contributed by atoms with Gasteiger partial charge in [0.05, 0.1) is 13.2 Å². The van der Waals surface area contributed by atoms with E-state index in [2.05, 4.69) is 6.08 Å². The van der Waals surface area contributed by atoms with Crippen LogP contribution in [0.2, 0.25) is 0 Å². The number of β-lactam (4-membered cyclic amide) rings is 1. The van der Waals surface area contributed by atoms with E-state index in [1.54, 1.807) is 12.0 Å². The Labute approximate surface area is 165 Å². The number of benzene rings is 2. The topological polar surface area (TPSA) is 59.0 Å². The quantitative estimate of drug-likeness (QED) is 0.588. The van der Waals surface area contributed by atoms with E-state index in [0.717, 1.165) is 30.7 Å². The lowest BCUT2D eigenvalue weighted by atomic mass is 9.88. The Kier molecular flexibility index (Phi) is 5.35. The number of methoxy groups -OCH3 is 1. The minimum atomic E-state index is -0.693. The van der Waals surface area contributed by atoms with Crippen LogP contribution in [0.5, 0.6) is 11.5 Å². The molecule has 1 heterocycles. The fourth-order valence-electron chi connectivity index (χ4n) is 3.98. The molecule has 146 valence electrons. The lowest BCUT2D eigenvalue weighted by Crippen LogP contribution is -2.71. The first-order chi connectivity index (χ1) is 13.7. The van der Waals surface area contributed by atoms with Crippen molar-refractivity contribution in [1.29, 1.82) is 0 Å². The van der Waals surface area contributed by atoms with Crippen LogP contribution in [0.1, 0.15) is 25.7 Å². The van der Waals surface area contributed by atoms with Crippen LogP contribution in [-0.2, 0) is 4.79 Å². The van der Waals surface area contributed by atoms with Crippen molar-refractivity contribution in [1.82, 2.24) is 0 Å². The number of nitrogens with zero attached hydrogens (tertiary/aromatic N) is 1. The molecular formula is C23H25NO4. The smallest absolute Gasteiger partial charge is 0.270 e. The second kappa shape index (κ2) is 8.07. The zero-order valence-electron chi connectivity index (χ0n) is 16.0. The standard InChI is InChI=1S/C23H25NO4/c1-27-18-13-11-17(12-14-18)24-21(20(25)15-16-7-5-6-8-16)22(23(24)26)28-19-9-3-2-4-10-19/h2-4,7,9-14,20-22,25H,5-6,8,15H2,1H3/t20-,21+,22-/m1/s1. The number of carbonyl (C=O) groups is 1. The summed E-state index contributed by atoms with van der Waals surface area (Å²) in [6, 6.07) is 16.2. The molecule has 0 bridgehead atoms. The van der Waals surface area contributed by atoms with Gasteiger partial charge in [0.25, 0.3) is 5.91 Å². The molecule has 1 saturated heterocycles. The molecule has 2 aromatic rings. The highest BCUT2D eigenvalue weighted by molar-refractivity contribution is 6.05. The largest absolute Gasteiger partial charge is 0.497 e. The normalized spacial score (nSPS) is 22.4. The van der Waals surface area contributed by atoms with Crippen LogP contribution in [0.15, 0.2) is 66.2 Å². The minimum Gasteiger partial charge on any atom is -0.497 e. The molecule has 1 amide bonds. The molecular weight excluding hydrogens is 354 g/mol. The average molecular weight is 379 g/mol. The van der Waals surface area contributed by atoms with Gasteiger partial charge in [-0.05, 0) is 62.1 Å². The van der Waals surface area contributed by atoms with E-state index >= 15 is 0 Å². The monoisotopic (exact) mass is 379 g/mol. The van der Waals surface area contributed by atoms with Gasteiger partial charge in [0.15, 0.2) is 0 Å². The highest BCUT2D eigenvalue weighted by Crippen LogP contribution is 2.36. The third-order valence-corrected chi connectivity index (χ3v) is 5.45. The number of hydrogen-bond acceptors (Lipinski definition) is 4. The number of aliphatic hydroxyl groups is 1. The van der Waals surface area contributed by atoms with Crippen molar-refractivity contribution in [3.8, 4) is 11.5 Å². The molecule has 4 rings (SSSR count). The first-order valence-corrected chi connectivity index (χ1v) is 9.72. The number of ether oxygens (including phenoxy) is 2. The van der Waals surface area contributed by atoms with E-state index in [1.165, 1.54) is 5.57 Å². The van der Waals surface area contributed by atoms with Crippen LogP contribution in [0.25, 0.3) is 0 Å². The summed E-state index contributed by atoms with van der Waals surface area (Å²) in [6.45, 7) is 0. The Morgan fingerprint density at radius 3 is 2.50 bits per heavy atom. The van der Waals surface area contributed by atoms with Gasteiger partial charge in [-0.2, -0.15) is 0 Å². The zero-order valence-corrected chi connectivity index (χ0v) is 16.0. The maximum atomic E-state index is 12.9. The van der Waals surface area contributed by atoms with E-state index in [0.29, 0.717) is 12.2 Å². The molecule has 2 aromatic carbocycles. The van der Waals surface area contributed by atoms with Crippen LogP contribution < -0.4 is 14.4 Å². The van der Waals surface area contributed by atoms with Crippen molar-refractivity contribution < 1.29 is 19.4 Å². The molecule has 5 nitrogen and oxygen atoms in total. The molecule has 0 saturated carbocycles. The van der Waals surface area contributed by atoms with E-state index in [9.17, 15) is 9.90 Å². The van der Waals surface area contributed by atoms with Crippen molar-refractivity contribution in [2.45, 2.75) is 43.9 Å². The van der Waals surface area contributed by atoms with Crippen LogP contribution in [-0.4, -0.2) is 36.4 Å². The maximum Gasteiger partial charge on any atom is 0.270 e. The number of hydrogen-bond donors (Lipinski definition) is 1. The van der Waals surface area contributed by atoms with Crippen LogP contribution in [0.4, 0.5) is 5.69 Å². The minimum absolute atomic E-state index is 0.140. The summed E-state index contributed by atoms with van der Waals surface area (Å²) in [5, 5.41) is 11.0. The Morgan fingerprint density at radius 1 is 1.11 bits per heavy atom. The molecule has 3 atom stereocenters. The van der Waals surface area contributed by atoms with E-state index in [1.807, 2.05) is 54.6 Å². The second-order valence-corrected chi connectivity index (χ2v) is 7.27. The van der Waals surface area contributed by atoms with Gasteiger partial charge in [-0.3, -0.25) is 9.69 Å². The highest BCUT2D eigenvalue weighted by atomic mass is 16.5. The van der Waals surface area contributed by atoms with Gasteiger partial charge in [0, 0.05) is 5.69 Å². The Morgan fingerprint density at radius 2 is 1.86 bits per heavy atom. The first-order valence-electron chi connectivity index (χ1n) is 9.72. The molecule has 1 N–H and O–H groups in total. The van der Waals surface area contributed by atoms with Gasteiger partial charge in [0.2, 0.25) is 6.10 Å². The van der Waals surface area contributed by atoms with E-state index in [4.69, 9.17) is 9.47 Å². The second-order valence-electron chi connectivity index (χ2n) is 7.27. The Bertz CT molecular complexity index is 847. The van der Waals surface area contributed by atoms with Gasteiger partial charge in [0.1, 0.15) is 17.5 Å². The Hall–Kier alpha value is -2.79. The van der Waals surface area contributed by atoms with E-state index < -0.39 is 18.2 Å². The van der Waals surface area contributed by atoms with Gasteiger partial charge < -0.3 is 14.6 Å². The molecule has 1 aliphatic carbocycles. The van der Waals surface area contributed by atoms with E-state index in [-0.39, 0.29) is 5.91 Å². The predicted molar refractivity (Wildman–Crippen MR) is 108 cm³/mol. The Balaban J connectivity index is 1.57. The fraction of sp³-hybridized carbons (Fsp3) is 0.348. The number of carbonyl (C=O) groups excluding carboxylic acids is 1. The molecule has 1 fully saturated rings. The third-order valence-electron chi connectivity index (χ3n) is 5.45. The number of para-hydroxylation sites is 1. The summed E-state index contributed by atoms with van der Waals surface area (Å²) in [5.74, 6) is 1.22. The summed E-state index contributed by atoms with van der Waals surface area (Å²) in [4.78, 5) is 14.6. The van der Waals surface area contributed by atoms with Crippen molar-refractivity contribution in [3.05, 3.63) is 66.2 Å². The first kappa shape index (κ1) is 18.6. The SMILES string of the molecule is COc1ccc(N2C(=O)[C@H](Oc3ccccc3)[C@@H]2[C@H](O)CC2=CCCC2)cc1. The van der Waals surface area contributed by atoms with Crippen molar-refractivity contribution in [2.24, 2.45) is 0 Å². The molecule has 28 heavy (non-hydrogen) atoms. The third kappa shape index (κ3) is 3.62. The van der Waals surface area contributed by atoms with Crippen molar-refractivity contribution >= 4 is 11.6 Å². The van der Waals surface area contributed by atoms with Crippen LogP contribution >= 0.6 is 0 Å². The van der Waals surface area contributed by atoms with Crippen molar-refractivity contribution in [2.75, 3.05) is 12.0 Å². The number of allylic oxidation sites excluding steroid dienone is 1. The summed E-state index contributed by atoms with van der Waals surface area (Å²) in [7, 11) is 1.61. The molecule has 2 aliphatic rings. The van der Waals surface area contributed by atoms with Crippen molar-refractivity contribution in [3.63, 3.8) is 0 Å². The lowest BCUT2D eigenvalue weighted by molar-refractivity contribution is -0.138. The predicted octanol–water partition coefficient (Wildman–Crippen LogP) is 3.72. The van der Waals surface area contributed by atoms with Gasteiger partial charge >= 0.3 is 0 Å². The van der Waals surface area contributed by atoms with Crippen LogP contribution in [0.3, 0.4) is 0 Å². The zero-order chi connectivity index (χ0) is 19.5. The number of anilines is 1. The molecule has 0 unspecified atom stereocenters. The van der Waals surface area contributed by atoms with Gasteiger partial charge in [-0.1, -0.05) is 29.8 Å². The number of rotatable bonds is 7. The summed E-state index contributed by atoms with van der Waals surface area (Å²) < 4.78 is 11.2. The van der Waals surface area contributed by atoms with Gasteiger partial charge in [-0.25, -0.2) is 0 Å².